The van der Waals surface area contributed by atoms with E-state index in [1.807, 2.05) is 0 Å². The van der Waals surface area contributed by atoms with E-state index in [9.17, 15) is 18.0 Å². The first-order chi connectivity index (χ1) is 6.42. The van der Waals surface area contributed by atoms with Crippen LogP contribution in [0.15, 0.2) is 24.3 Å². The van der Waals surface area contributed by atoms with Crippen LogP contribution in [0.1, 0.15) is 5.56 Å². The fourth-order valence-corrected chi connectivity index (χ4v) is 0.995. The Morgan fingerprint density at radius 1 is 1.29 bits per heavy atom. The van der Waals surface area contributed by atoms with Crippen LogP contribution in [0.2, 0.25) is 0 Å². The molecule has 0 spiro atoms. The van der Waals surface area contributed by atoms with Crippen LogP contribution in [0.3, 0.4) is 0 Å². The van der Waals surface area contributed by atoms with Crippen LogP contribution in [-0.4, -0.2) is 11.2 Å². The number of hydrogen-bond donors (Lipinski definition) is 0. The van der Waals surface area contributed by atoms with E-state index in [4.69, 9.17) is 0 Å². The van der Waals surface area contributed by atoms with Gasteiger partial charge in [0.05, 0.1) is 0 Å². The monoisotopic (exact) mass is 222 g/mol. The van der Waals surface area contributed by atoms with Gasteiger partial charge in [0.2, 0.25) is 0 Å². The molecule has 0 saturated carbocycles. The molecule has 0 N–H and O–H groups in total. The Bertz CT molecular complexity index is 334. The van der Waals surface area contributed by atoms with Crippen molar-refractivity contribution in [2.45, 2.75) is 12.3 Å². The van der Waals surface area contributed by atoms with Gasteiger partial charge in [0.15, 0.2) is 0 Å². The van der Waals surface area contributed by atoms with Gasteiger partial charge >= 0.3 is 5.92 Å². The van der Waals surface area contributed by atoms with Crippen LogP contribution in [0.25, 0.3) is 0 Å². The summed E-state index contributed by atoms with van der Waals surface area (Å²) in [5.74, 6) is -4.12. The highest BCUT2D eigenvalue weighted by molar-refractivity contribution is 6.65. The highest BCUT2D eigenvalue weighted by Crippen LogP contribution is 2.22. The molecule has 0 bridgehead atoms. The molecule has 0 unspecified atom stereocenters. The van der Waals surface area contributed by atoms with Gasteiger partial charge in [-0.15, -0.1) is 0 Å². The number of carbonyl (C=O) groups excluding carboxylic acids is 1. The Kier molecular flexibility index (Phi) is 3.16. The van der Waals surface area contributed by atoms with Crippen molar-refractivity contribution >= 4 is 16.8 Å². The normalized spacial score (nSPS) is 11.4. The third-order valence-corrected chi connectivity index (χ3v) is 1.90. The Balaban J connectivity index is 2.79. The summed E-state index contributed by atoms with van der Waals surface area (Å²) in [5, 5.41) is -1.71. The van der Waals surface area contributed by atoms with Gasteiger partial charge < -0.3 is 0 Å². The van der Waals surface area contributed by atoms with Gasteiger partial charge in [-0.05, 0) is 29.3 Å². The van der Waals surface area contributed by atoms with Crippen LogP contribution in [0.5, 0.6) is 0 Å². The fraction of sp³-hybridized carbons (Fsp3) is 0.222. The highest BCUT2D eigenvalue weighted by Gasteiger charge is 2.37. The SMILES string of the molecule is O=C(Cl)C(F)(F)Cc1ccc(F)cc1. The second kappa shape index (κ2) is 4.00. The van der Waals surface area contributed by atoms with Crippen molar-refractivity contribution < 1.29 is 18.0 Å². The van der Waals surface area contributed by atoms with E-state index >= 15 is 0 Å². The van der Waals surface area contributed by atoms with Crippen LogP contribution in [-0.2, 0) is 11.2 Å². The first-order valence-electron chi connectivity index (χ1n) is 3.74. The van der Waals surface area contributed by atoms with Crippen molar-refractivity contribution in [1.29, 1.82) is 0 Å². The van der Waals surface area contributed by atoms with Gasteiger partial charge in [-0.25, -0.2) is 4.39 Å². The van der Waals surface area contributed by atoms with Crippen molar-refractivity contribution in [2.24, 2.45) is 0 Å². The van der Waals surface area contributed by atoms with Gasteiger partial charge in [0.25, 0.3) is 5.24 Å². The zero-order valence-corrected chi connectivity index (χ0v) is 7.69. The molecule has 0 saturated heterocycles. The lowest BCUT2D eigenvalue weighted by molar-refractivity contribution is -0.133. The topological polar surface area (TPSA) is 17.1 Å². The molecule has 0 amide bonds. The molecule has 0 aliphatic rings. The quantitative estimate of drug-likeness (QED) is 0.719. The third-order valence-electron chi connectivity index (χ3n) is 1.63. The Morgan fingerprint density at radius 3 is 2.21 bits per heavy atom. The zero-order valence-electron chi connectivity index (χ0n) is 6.94. The number of carbonyl (C=O) groups is 1. The van der Waals surface area contributed by atoms with E-state index < -0.39 is 23.4 Å². The minimum Gasteiger partial charge on any atom is -0.274 e. The van der Waals surface area contributed by atoms with Crippen LogP contribution in [0, 0.1) is 5.82 Å². The predicted molar refractivity (Wildman–Crippen MR) is 45.9 cm³/mol. The van der Waals surface area contributed by atoms with Crippen LogP contribution < -0.4 is 0 Å². The first kappa shape index (κ1) is 11.0. The van der Waals surface area contributed by atoms with E-state index in [1.165, 1.54) is 12.1 Å². The summed E-state index contributed by atoms with van der Waals surface area (Å²) in [7, 11) is 0. The second-order valence-electron chi connectivity index (χ2n) is 2.78. The summed E-state index contributed by atoms with van der Waals surface area (Å²) in [4.78, 5) is 10.3. The molecule has 0 atom stereocenters. The van der Waals surface area contributed by atoms with Gasteiger partial charge in [-0.3, -0.25) is 4.79 Å². The van der Waals surface area contributed by atoms with Crippen LogP contribution in [0.4, 0.5) is 13.2 Å². The molecule has 1 rings (SSSR count). The number of halogens is 4. The zero-order chi connectivity index (χ0) is 10.8. The maximum atomic E-state index is 12.8. The number of alkyl halides is 2. The predicted octanol–water partition coefficient (Wildman–Crippen LogP) is 2.77. The Hall–Kier alpha value is -1.03. The van der Waals surface area contributed by atoms with E-state index in [-0.39, 0.29) is 5.56 Å². The molecule has 0 aliphatic carbocycles. The summed E-state index contributed by atoms with van der Waals surface area (Å²) in [6.45, 7) is 0. The first-order valence-corrected chi connectivity index (χ1v) is 4.12. The number of benzene rings is 1. The molecule has 1 nitrogen and oxygen atoms in total. The van der Waals surface area contributed by atoms with E-state index in [2.05, 4.69) is 11.6 Å². The largest absolute Gasteiger partial charge is 0.324 e. The van der Waals surface area contributed by atoms with Crippen LogP contribution >= 0.6 is 11.6 Å². The highest BCUT2D eigenvalue weighted by atomic mass is 35.5. The molecule has 0 radical (unpaired) electrons. The van der Waals surface area contributed by atoms with E-state index in [0.29, 0.717) is 0 Å². The summed E-state index contributed by atoms with van der Waals surface area (Å²) < 4.78 is 37.9. The van der Waals surface area contributed by atoms with Crippen molar-refractivity contribution in [3.05, 3.63) is 35.6 Å². The third kappa shape index (κ3) is 2.73. The summed E-state index contributed by atoms with van der Waals surface area (Å²) in [5.41, 5.74) is 0.158. The van der Waals surface area contributed by atoms with Gasteiger partial charge in [0.1, 0.15) is 5.82 Å². The lowest BCUT2D eigenvalue weighted by atomic mass is 10.1. The molecule has 0 fully saturated rings. The lowest BCUT2D eigenvalue weighted by Gasteiger charge is -2.10. The lowest BCUT2D eigenvalue weighted by Crippen LogP contribution is -2.26. The van der Waals surface area contributed by atoms with Crippen molar-refractivity contribution in [3.8, 4) is 0 Å². The van der Waals surface area contributed by atoms with Gasteiger partial charge in [0, 0.05) is 6.42 Å². The van der Waals surface area contributed by atoms with E-state index in [0.717, 1.165) is 12.1 Å². The summed E-state index contributed by atoms with van der Waals surface area (Å²) >= 11 is 4.69. The minimum absolute atomic E-state index is 0.158. The molecule has 1 aromatic carbocycles. The molecule has 0 aliphatic heterocycles. The Labute approximate surface area is 83.5 Å². The standard InChI is InChI=1S/C9H6ClF3O/c10-8(14)9(12,13)5-6-1-3-7(11)4-2-6/h1-4H,5H2. The molecular formula is C9H6ClF3O. The van der Waals surface area contributed by atoms with E-state index in [1.54, 1.807) is 0 Å². The average molecular weight is 223 g/mol. The minimum atomic E-state index is -3.60. The van der Waals surface area contributed by atoms with Gasteiger partial charge in [-0.1, -0.05) is 12.1 Å². The van der Waals surface area contributed by atoms with Gasteiger partial charge in [-0.2, -0.15) is 8.78 Å². The average Bonchev–Trinajstić information content (AvgIpc) is 2.08. The molecule has 14 heavy (non-hydrogen) atoms. The Morgan fingerprint density at radius 2 is 1.79 bits per heavy atom. The number of rotatable bonds is 3. The summed E-state index contributed by atoms with van der Waals surface area (Å²) in [6.07, 6.45) is -0.810. The fourth-order valence-electron chi connectivity index (χ4n) is 0.928. The van der Waals surface area contributed by atoms with Crippen molar-refractivity contribution in [2.75, 3.05) is 0 Å². The number of hydrogen-bond acceptors (Lipinski definition) is 1. The smallest absolute Gasteiger partial charge is 0.274 e. The maximum absolute atomic E-state index is 12.8. The van der Waals surface area contributed by atoms with Crippen molar-refractivity contribution in [1.82, 2.24) is 0 Å². The molecule has 1 aromatic rings. The maximum Gasteiger partial charge on any atom is 0.324 e. The molecule has 0 aromatic heterocycles. The molecule has 0 heterocycles. The second-order valence-corrected chi connectivity index (χ2v) is 3.12. The molecule has 5 heteroatoms. The molecular weight excluding hydrogens is 217 g/mol. The molecule has 76 valence electrons. The summed E-state index contributed by atoms with van der Waals surface area (Å²) in [6, 6.07) is 4.46. The van der Waals surface area contributed by atoms with Crippen molar-refractivity contribution in [3.63, 3.8) is 0 Å².